The number of nitrogens with one attached hydrogen (secondary N) is 1. The first-order valence-corrected chi connectivity index (χ1v) is 6.75. The summed E-state index contributed by atoms with van der Waals surface area (Å²) in [6.45, 7) is 1.79. The molecule has 0 atom stereocenters. The molecule has 18 heavy (non-hydrogen) atoms. The molecule has 6 nitrogen and oxygen atoms in total. The lowest BCUT2D eigenvalue weighted by Gasteiger charge is -2.20. The quantitative estimate of drug-likeness (QED) is 0.584. The van der Waals surface area contributed by atoms with E-state index in [9.17, 15) is 12.8 Å². The summed E-state index contributed by atoms with van der Waals surface area (Å²) in [7, 11) is -3.87. The molecule has 0 saturated heterocycles. The fourth-order valence-electron chi connectivity index (χ4n) is 1.41. The molecule has 100 valence electrons. The minimum absolute atomic E-state index is 0.207. The summed E-state index contributed by atoms with van der Waals surface area (Å²) in [5, 5.41) is 7.17. The molecule has 8 heteroatoms. The van der Waals surface area contributed by atoms with Gasteiger partial charge in [0.15, 0.2) is 0 Å². The van der Waals surface area contributed by atoms with E-state index in [0.29, 0.717) is 6.42 Å². The zero-order valence-corrected chi connectivity index (χ0v) is 10.7. The Bertz CT molecular complexity index is 532. The predicted octanol–water partition coefficient (Wildman–Crippen LogP) is 0.557. The van der Waals surface area contributed by atoms with Gasteiger partial charge in [0.1, 0.15) is 16.5 Å². The van der Waals surface area contributed by atoms with Crippen molar-refractivity contribution in [2.45, 2.75) is 18.2 Å². The third-order valence-corrected chi connectivity index (χ3v) is 3.95. The van der Waals surface area contributed by atoms with Crippen molar-refractivity contribution in [3.63, 3.8) is 0 Å². The molecular weight excluding hydrogens is 259 g/mol. The standard InChI is InChI=1S/C10H15FN4O2S/c1-2-3-15(7-10(12)13)18(16,17)9-4-8(11)5-14-6-9/h4-6H,2-3,7H2,1H3,(H3,12,13). The number of rotatable bonds is 6. The normalized spacial score (nSPS) is 11.7. The van der Waals surface area contributed by atoms with E-state index in [4.69, 9.17) is 11.1 Å². The lowest BCUT2D eigenvalue weighted by Crippen LogP contribution is -2.38. The monoisotopic (exact) mass is 274 g/mol. The van der Waals surface area contributed by atoms with Crippen LogP contribution in [0.2, 0.25) is 0 Å². The van der Waals surface area contributed by atoms with Gasteiger partial charge in [-0.25, -0.2) is 12.8 Å². The maximum atomic E-state index is 13.0. The number of nitrogens with two attached hydrogens (primary N) is 1. The zero-order chi connectivity index (χ0) is 13.8. The number of sulfonamides is 1. The molecule has 1 aromatic rings. The van der Waals surface area contributed by atoms with E-state index in [1.807, 2.05) is 0 Å². The number of halogens is 1. The molecule has 0 radical (unpaired) electrons. The van der Waals surface area contributed by atoms with Crippen LogP contribution in [0, 0.1) is 11.2 Å². The highest BCUT2D eigenvalue weighted by atomic mass is 32.2. The van der Waals surface area contributed by atoms with Crippen molar-refractivity contribution in [2.75, 3.05) is 13.1 Å². The number of aromatic nitrogens is 1. The van der Waals surface area contributed by atoms with Crippen molar-refractivity contribution < 1.29 is 12.8 Å². The Kier molecular flexibility index (Phi) is 4.74. The topological polar surface area (TPSA) is 100 Å². The second-order valence-corrected chi connectivity index (χ2v) is 5.64. The van der Waals surface area contributed by atoms with Crippen LogP contribution < -0.4 is 5.73 Å². The molecule has 0 saturated carbocycles. The van der Waals surface area contributed by atoms with Gasteiger partial charge in [-0.2, -0.15) is 4.31 Å². The lowest BCUT2D eigenvalue weighted by atomic mass is 10.4. The Morgan fingerprint density at radius 3 is 2.72 bits per heavy atom. The van der Waals surface area contributed by atoms with Crippen LogP contribution in [0.4, 0.5) is 4.39 Å². The summed E-state index contributed by atoms with van der Waals surface area (Å²) in [6, 6.07) is 0.894. The van der Waals surface area contributed by atoms with E-state index in [1.54, 1.807) is 6.92 Å². The highest BCUT2D eigenvalue weighted by molar-refractivity contribution is 7.89. The van der Waals surface area contributed by atoms with E-state index < -0.39 is 15.8 Å². The second-order valence-electron chi connectivity index (χ2n) is 3.70. The van der Waals surface area contributed by atoms with E-state index in [-0.39, 0.29) is 23.8 Å². The predicted molar refractivity (Wildman–Crippen MR) is 65.2 cm³/mol. The average Bonchev–Trinajstić information content (AvgIpc) is 2.28. The summed E-state index contributed by atoms with van der Waals surface area (Å²) in [5.74, 6) is -0.994. The number of nitrogens with zero attached hydrogens (tertiary/aromatic N) is 2. The van der Waals surface area contributed by atoms with Crippen molar-refractivity contribution in [3.05, 3.63) is 24.3 Å². The highest BCUT2D eigenvalue weighted by Crippen LogP contribution is 2.15. The van der Waals surface area contributed by atoms with Crippen LogP contribution >= 0.6 is 0 Å². The number of pyridine rings is 1. The van der Waals surface area contributed by atoms with Gasteiger partial charge in [0.2, 0.25) is 10.0 Å². The Labute approximate surface area is 105 Å². The largest absolute Gasteiger partial charge is 0.387 e. The highest BCUT2D eigenvalue weighted by Gasteiger charge is 2.25. The van der Waals surface area contributed by atoms with Crippen LogP contribution in [-0.2, 0) is 10.0 Å². The summed E-state index contributed by atoms with van der Waals surface area (Å²) in [4.78, 5) is 3.27. The molecule has 0 unspecified atom stereocenters. The molecular formula is C10H15FN4O2S. The first-order valence-electron chi connectivity index (χ1n) is 5.31. The lowest BCUT2D eigenvalue weighted by molar-refractivity contribution is 0.446. The average molecular weight is 274 g/mol. The van der Waals surface area contributed by atoms with Gasteiger partial charge in [0.05, 0.1) is 12.7 Å². The van der Waals surface area contributed by atoms with Crippen molar-refractivity contribution in [1.82, 2.24) is 9.29 Å². The molecule has 1 aromatic heterocycles. The summed E-state index contributed by atoms with van der Waals surface area (Å²) in [5.41, 5.74) is 5.22. The van der Waals surface area contributed by atoms with Gasteiger partial charge in [-0.05, 0) is 12.5 Å². The molecule has 0 aliphatic carbocycles. The molecule has 1 rings (SSSR count). The van der Waals surface area contributed by atoms with Crippen molar-refractivity contribution in [3.8, 4) is 0 Å². The number of amidine groups is 1. The SMILES string of the molecule is CCCN(CC(=N)N)S(=O)(=O)c1cncc(F)c1. The van der Waals surface area contributed by atoms with Crippen LogP contribution in [0.5, 0.6) is 0 Å². The fourth-order valence-corrected chi connectivity index (χ4v) is 2.89. The maximum Gasteiger partial charge on any atom is 0.245 e. The van der Waals surface area contributed by atoms with Crippen molar-refractivity contribution in [2.24, 2.45) is 5.73 Å². The minimum Gasteiger partial charge on any atom is -0.387 e. The maximum absolute atomic E-state index is 13.0. The smallest absolute Gasteiger partial charge is 0.245 e. The minimum atomic E-state index is -3.87. The molecule has 0 aliphatic rings. The van der Waals surface area contributed by atoms with Gasteiger partial charge in [-0.1, -0.05) is 6.92 Å². The number of hydrogen-bond acceptors (Lipinski definition) is 4. The van der Waals surface area contributed by atoms with Crippen LogP contribution in [0.3, 0.4) is 0 Å². The van der Waals surface area contributed by atoms with Crippen molar-refractivity contribution in [1.29, 1.82) is 5.41 Å². The van der Waals surface area contributed by atoms with E-state index in [0.717, 1.165) is 22.8 Å². The van der Waals surface area contributed by atoms with Crippen molar-refractivity contribution >= 4 is 15.9 Å². The van der Waals surface area contributed by atoms with E-state index in [2.05, 4.69) is 4.98 Å². The number of hydrogen-bond donors (Lipinski definition) is 2. The van der Waals surface area contributed by atoms with Gasteiger partial charge in [-0.15, -0.1) is 0 Å². The first-order chi connectivity index (χ1) is 8.37. The fraction of sp³-hybridized carbons (Fsp3) is 0.400. The van der Waals surface area contributed by atoms with Crippen LogP contribution in [-0.4, -0.2) is 36.6 Å². The Morgan fingerprint density at radius 1 is 1.56 bits per heavy atom. The van der Waals surface area contributed by atoms with Crippen LogP contribution in [0.15, 0.2) is 23.4 Å². The van der Waals surface area contributed by atoms with Crippen LogP contribution in [0.1, 0.15) is 13.3 Å². The van der Waals surface area contributed by atoms with E-state index >= 15 is 0 Å². The van der Waals surface area contributed by atoms with Crippen LogP contribution in [0.25, 0.3) is 0 Å². The third kappa shape index (κ3) is 3.47. The Hall–Kier alpha value is -1.54. The summed E-state index contributed by atoms with van der Waals surface area (Å²) < 4.78 is 38.4. The van der Waals surface area contributed by atoms with E-state index in [1.165, 1.54) is 0 Å². The molecule has 0 amide bonds. The molecule has 0 bridgehead atoms. The van der Waals surface area contributed by atoms with Gasteiger partial charge in [0.25, 0.3) is 0 Å². The Morgan fingerprint density at radius 2 is 2.22 bits per heavy atom. The molecule has 0 aliphatic heterocycles. The summed E-state index contributed by atoms with van der Waals surface area (Å²) in [6.07, 6.45) is 2.56. The first kappa shape index (κ1) is 14.5. The van der Waals surface area contributed by atoms with Gasteiger partial charge < -0.3 is 5.73 Å². The zero-order valence-electron chi connectivity index (χ0n) is 9.93. The molecule has 0 aromatic carbocycles. The summed E-state index contributed by atoms with van der Waals surface area (Å²) >= 11 is 0. The second kappa shape index (κ2) is 5.87. The molecule has 3 N–H and O–H groups in total. The van der Waals surface area contributed by atoms with Gasteiger partial charge in [0, 0.05) is 12.7 Å². The third-order valence-electron chi connectivity index (χ3n) is 2.14. The molecule has 1 heterocycles. The Balaban J connectivity index is 3.12. The molecule has 0 fully saturated rings. The molecule has 0 spiro atoms. The van der Waals surface area contributed by atoms with Gasteiger partial charge >= 0.3 is 0 Å². The van der Waals surface area contributed by atoms with Gasteiger partial charge in [-0.3, -0.25) is 10.4 Å².